The number of imidazole rings is 1. The Labute approximate surface area is 99.5 Å². The summed E-state index contributed by atoms with van der Waals surface area (Å²) in [5.41, 5.74) is 7.52. The van der Waals surface area contributed by atoms with Crippen LogP contribution in [0.15, 0.2) is 12.1 Å². The van der Waals surface area contributed by atoms with E-state index in [1.165, 1.54) is 0 Å². The van der Waals surface area contributed by atoms with Gasteiger partial charge < -0.3 is 20.2 Å². The lowest BCUT2D eigenvalue weighted by Gasteiger charge is -2.16. The molecule has 1 aromatic carbocycles. The van der Waals surface area contributed by atoms with Crippen LogP contribution in [0.3, 0.4) is 0 Å². The minimum atomic E-state index is 0.431. The van der Waals surface area contributed by atoms with E-state index in [9.17, 15) is 0 Å². The van der Waals surface area contributed by atoms with Crippen molar-refractivity contribution in [3.8, 4) is 11.5 Å². The molecule has 17 heavy (non-hydrogen) atoms. The molecule has 6 nitrogen and oxygen atoms in total. The molecule has 0 unspecified atom stereocenters. The third-order valence-electron chi connectivity index (χ3n) is 2.56. The molecule has 0 aliphatic carbocycles. The summed E-state index contributed by atoms with van der Waals surface area (Å²) >= 11 is 0. The molecular weight excluding hydrogens is 220 g/mol. The summed E-state index contributed by atoms with van der Waals surface area (Å²) in [5.74, 6) is 1.73. The zero-order chi connectivity index (χ0) is 12.6. The number of nitrogens with zero attached hydrogens (tertiary/aromatic N) is 3. The fraction of sp³-hybridized carbons (Fsp3) is 0.364. The van der Waals surface area contributed by atoms with Crippen LogP contribution in [-0.4, -0.2) is 38.0 Å². The predicted molar refractivity (Wildman–Crippen MR) is 67.3 cm³/mol. The molecular formula is C11H16N4O2. The molecule has 0 atom stereocenters. The number of hydrogen-bond acceptors (Lipinski definition) is 5. The van der Waals surface area contributed by atoms with Crippen LogP contribution in [0.5, 0.6) is 11.5 Å². The van der Waals surface area contributed by atoms with Gasteiger partial charge in [-0.3, -0.25) is 0 Å². The van der Waals surface area contributed by atoms with Crippen molar-refractivity contribution >= 4 is 17.0 Å². The summed E-state index contributed by atoms with van der Waals surface area (Å²) in [5, 5.41) is 1.86. The van der Waals surface area contributed by atoms with Crippen molar-refractivity contribution in [2.45, 2.75) is 0 Å². The van der Waals surface area contributed by atoms with Crippen LogP contribution < -0.4 is 20.2 Å². The quantitative estimate of drug-likeness (QED) is 0.855. The highest BCUT2D eigenvalue weighted by Crippen LogP contribution is 2.32. The molecule has 0 radical (unpaired) electrons. The van der Waals surface area contributed by atoms with Crippen molar-refractivity contribution in [3.05, 3.63) is 12.1 Å². The lowest BCUT2D eigenvalue weighted by Crippen LogP contribution is -2.26. The van der Waals surface area contributed by atoms with Gasteiger partial charge in [0.05, 0.1) is 25.3 Å². The molecule has 0 amide bonds. The van der Waals surface area contributed by atoms with E-state index in [1.807, 2.05) is 31.2 Å². The summed E-state index contributed by atoms with van der Waals surface area (Å²) in [4.78, 5) is 4.28. The lowest BCUT2D eigenvalue weighted by molar-refractivity contribution is 0.355. The molecule has 0 aliphatic rings. The maximum Gasteiger partial charge on any atom is 0.220 e. The molecule has 6 heteroatoms. The Bertz CT molecular complexity index is 548. The second-order valence-corrected chi connectivity index (χ2v) is 3.82. The Morgan fingerprint density at radius 2 is 1.76 bits per heavy atom. The number of ether oxygens (including phenoxy) is 2. The third-order valence-corrected chi connectivity index (χ3v) is 2.56. The van der Waals surface area contributed by atoms with E-state index in [2.05, 4.69) is 4.98 Å². The van der Waals surface area contributed by atoms with E-state index in [0.717, 1.165) is 11.0 Å². The second-order valence-electron chi connectivity index (χ2n) is 3.82. The summed E-state index contributed by atoms with van der Waals surface area (Å²) < 4.78 is 12.3. The minimum absolute atomic E-state index is 0.431. The monoisotopic (exact) mass is 236 g/mol. The van der Waals surface area contributed by atoms with Gasteiger partial charge >= 0.3 is 0 Å². The number of fused-ring (bicyclic) bond motifs is 1. The molecule has 0 saturated heterocycles. The van der Waals surface area contributed by atoms with Gasteiger partial charge in [0.15, 0.2) is 11.5 Å². The van der Waals surface area contributed by atoms with Gasteiger partial charge in [0.25, 0.3) is 0 Å². The van der Waals surface area contributed by atoms with Crippen LogP contribution >= 0.6 is 0 Å². The molecule has 2 rings (SSSR count). The Balaban J connectivity index is 2.74. The number of hydrogen-bond donors (Lipinski definition) is 1. The average molecular weight is 236 g/mol. The Morgan fingerprint density at radius 3 is 2.29 bits per heavy atom. The van der Waals surface area contributed by atoms with Crippen molar-refractivity contribution < 1.29 is 9.47 Å². The highest BCUT2D eigenvalue weighted by atomic mass is 16.5. The predicted octanol–water partition coefficient (Wildman–Crippen LogP) is 0.833. The molecule has 0 aliphatic heterocycles. The van der Waals surface area contributed by atoms with Gasteiger partial charge in [-0.05, 0) is 0 Å². The van der Waals surface area contributed by atoms with E-state index in [0.29, 0.717) is 17.4 Å². The van der Waals surface area contributed by atoms with Crippen LogP contribution in [0.2, 0.25) is 0 Å². The first-order chi connectivity index (χ1) is 8.08. The molecule has 0 bridgehead atoms. The average Bonchev–Trinajstić information content (AvgIpc) is 2.61. The highest BCUT2D eigenvalue weighted by molar-refractivity contribution is 5.82. The third kappa shape index (κ3) is 1.71. The van der Waals surface area contributed by atoms with Gasteiger partial charge in [-0.1, -0.05) is 0 Å². The second kappa shape index (κ2) is 4.04. The molecule has 1 aromatic heterocycles. The number of rotatable bonds is 3. The van der Waals surface area contributed by atoms with Crippen LogP contribution in [0, 0.1) is 0 Å². The van der Waals surface area contributed by atoms with Crippen molar-refractivity contribution in [2.75, 3.05) is 39.1 Å². The fourth-order valence-corrected chi connectivity index (χ4v) is 1.83. The van der Waals surface area contributed by atoms with Gasteiger partial charge in [0.1, 0.15) is 0 Å². The zero-order valence-electron chi connectivity index (χ0n) is 10.4. The number of methoxy groups -OCH3 is 2. The van der Waals surface area contributed by atoms with Crippen LogP contribution in [0.25, 0.3) is 11.0 Å². The zero-order valence-corrected chi connectivity index (χ0v) is 10.4. The van der Waals surface area contributed by atoms with Crippen LogP contribution in [-0.2, 0) is 0 Å². The number of aromatic nitrogens is 2. The van der Waals surface area contributed by atoms with E-state index >= 15 is 0 Å². The molecule has 2 aromatic rings. The Hall–Kier alpha value is -2.11. The summed E-state index contributed by atoms with van der Waals surface area (Å²) in [7, 11) is 6.99. The first-order valence-corrected chi connectivity index (χ1v) is 5.16. The highest BCUT2D eigenvalue weighted by Gasteiger charge is 2.14. The largest absolute Gasteiger partial charge is 0.493 e. The van der Waals surface area contributed by atoms with Crippen molar-refractivity contribution in [3.63, 3.8) is 0 Å². The summed E-state index contributed by atoms with van der Waals surface area (Å²) in [6, 6.07) is 3.67. The van der Waals surface area contributed by atoms with Crippen molar-refractivity contribution in [1.29, 1.82) is 0 Å². The van der Waals surface area contributed by atoms with Crippen LogP contribution in [0.1, 0.15) is 0 Å². The summed E-state index contributed by atoms with van der Waals surface area (Å²) in [6.45, 7) is 0. The van der Waals surface area contributed by atoms with Gasteiger partial charge in [-0.2, -0.15) is 0 Å². The fourth-order valence-electron chi connectivity index (χ4n) is 1.83. The van der Waals surface area contributed by atoms with Crippen molar-refractivity contribution in [2.24, 2.45) is 0 Å². The normalized spacial score (nSPS) is 10.6. The van der Waals surface area contributed by atoms with Crippen LogP contribution in [0.4, 0.5) is 5.95 Å². The molecule has 1 heterocycles. The van der Waals surface area contributed by atoms with E-state index in [4.69, 9.17) is 15.2 Å². The van der Waals surface area contributed by atoms with E-state index in [-0.39, 0.29) is 0 Å². The SMILES string of the molecule is COc1cc2nc(N)n(N(C)C)c2cc1OC. The maximum absolute atomic E-state index is 5.87. The number of anilines is 1. The molecule has 0 fully saturated rings. The first kappa shape index (κ1) is 11.4. The van der Waals surface area contributed by atoms with E-state index < -0.39 is 0 Å². The summed E-state index contributed by atoms with van der Waals surface area (Å²) in [6.07, 6.45) is 0. The minimum Gasteiger partial charge on any atom is -0.493 e. The Kier molecular flexibility index (Phi) is 2.71. The molecule has 0 spiro atoms. The first-order valence-electron chi connectivity index (χ1n) is 5.16. The molecule has 92 valence electrons. The maximum atomic E-state index is 5.87. The van der Waals surface area contributed by atoms with Crippen molar-refractivity contribution in [1.82, 2.24) is 9.66 Å². The van der Waals surface area contributed by atoms with Gasteiger partial charge in [-0.15, -0.1) is 0 Å². The van der Waals surface area contributed by atoms with Gasteiger partial charge in [0.2, 0.25) is 5.95 Å². The Morgan fingerprint density at radius 1 is 1.18 bits per heavy atom. The topological polar surface area (TPSA) is 65.5 Å². The number of benzene rings is 1. The molecule has 0 saturated carbocycles. The van der Waals surface area contributed by atoms with Gasteiger partial charge in [0, 0.05) is 26.2 Å². The molecule has 2 N–H and O–H groups in total. The van der Waals surface area contributed by atoms with Gasteiger partial charge in [-0.25, -0.2) is 9.66 Å². The number of nitrogens with two attached hydrogens (primary N) is 1. The lowest BCUT2D eigenvalue weighted by atomic mass is 10.2. The standard InChI is InChI=1S/C11H16N4O2/c1-14(2)15-8-6-10(17-4)9(16-3)5-7(8)13-11(15)12/h5-6H,1-4H3,(H2,12,13). The van der Waals surface area contributed by atoms with E-state index in [1.54, 1.807) is 18.9 Å². The smallest absolute Gasteiger partial charge is 0.220 e. The number of nitrogen functional groups attached to an aromatic ring is 1.